The van der Waals surface area contributed by atoms with Gasteiger partial charge in [0.25, 0.3) is 5.91 Å². The first-order valence-corrected chi connectivity index (χ1v) is 7.83. The SMILES string of the molecule is COc1cccc(CCC(=O)NNC(=O)c2cc(Br)cn2C)c1. The molecular weight excluding hydrogens is 362 g/mol. The maximum absolute atomic E-state index is 12.0. The standard InChI is InChI=1S/C16H18BrN3O3/c1-20-10-12(17)9-14(20)16(22)19-18-15(21)7-6-11-4-3-5-13(8-11)23-2/h3-5,8-10H,6-7H2,1-2H3,(H,18,21)(H,19,22). The number of rotatable bonds is 5. The van der Waals surface area contributed by atoms with Gasteiger partial charge in [-0.25, -0.2) is 0 Å². The third-order valence-corrected chi connectivity index (χ3v) is 3.73. The van der Waals surface area contributed by atoms with Crippen LogP contribution >= 0.6 is 15.9 Å². The van der Waals surface area contributed by atoms with Crippen LogP contribution in [0, 0.1) is 0 Å². The highest BCUT2D eigenvalue weighted by molar-refractivity contribution is 9.10. The molecule has 2 rings (SSSR count). The van der Waals surface area contributed by atoms with Gasteiger partial charge < -0.3 is 9.30 Å². The number of ether oxygens (including phenoxy) is 1. The molecular formula is C16H18BrN3O3. The van der Waals surface area contributed by atoms with Gasteiger partial charge in [-0.1, -0.05) is 12.1 Å². The van der Waals surface area contributed by atoms with Crippen LogP contribution in [-0.2, 0) is 18.3 Å². The summed E-state index contributed by atoms with van der Waals surface area (Å²) in [6.07, 6.45) is 2.60. The number of nitrogens with zero attached hydrogens (tertiary/aromatic N) is 1. The number of halogens is 1. The van der Waals surface area contributed by atoms with Crippen LogP contribution in [0.2, 0.25) is 0 Å². The number of hydrazine groups is 1. The molecule has 2 aromatic rings. The van der Waals surface area contributed by atoms with Crippen LogP contribution in [0.3, 0.4) is 0 Å². The van der Waals surface area contributed by atoms with Crippen molar-refractivity contribution in [1.82, 2.24) is 15.4 Å². The minimum atomic E-state index is -0.368. The fourth-order valence-corrected chi connectivity index (χ4v) is 2.61. The zero-order valence-electron chi connectivity index (χ0n) is 12.9. The lowest BCUT2D eigenvalue weighted by Crippen LogP contribution is -2.42. The van der Waals surface area contributed by atoms with Crippen molar-refractivity contribution in [2.24, 2.45) is 7.05 Å². The molecule has 0 spiro atoms. The molecule has 1 aromatic carbocycles. The van der Waals surface area contributed by atoms with Crippen molar-refractivity contribution in [3.05, 3.63) is 52.3 Å². The van der Waals surface area contributed by atoms with Crippen molar-refractivity contribution in [3.63, 3.8) is 0 Å². The van der Waals surface area contributed by atoms with Crippen LogP contribution < -0.4 is 15.6 Å². The van der Waals surface area contributed by atoms with Crippen LogP contribution in [-0.4, -0.2) is 23.5 Å². The Hall–Kier alpha value is -2.28. The van der Waals surface area contributed by atoms with Gasteiger partial charge in [-0.05, 0) is 46.1 Å². The van der Waals surface area contributed by atoms with Crippen LogP contribution in [0.4, 0.5) is 0 Å². The van der Waals surface area contributed by atoms with E-state index in [4.69, 9.17) is 4.74 Å². The van der Waals surface area contributed by atoms with Gasteiger partial charge in [0.05, 0.1) is 7.11 Å². The van der Waals surface area contributed by atoms with Crippen molar-refractivity contribution in [2.45, 2.75) is 12.8 Å². The summed E-state index contributed by atoms with van der Waals surface area (Å²) in [6.45, 7) is 0. The summed E-state index contributed by atoms with van der Waals surface area (Å²) < 4.78 is 7.61. The predicted octanol–water partition coefficient (Wildman–Crippen LogP) is 2.19. The topological polar surface area (TPSA) is 72.4 Å². The molecule has 2 N–H and O–H groups in total. The molecule has 0 aliphatic carbocycles. The van der Waals surface area contributed by atoms with Crippen molar-refractivity contribution >= 4 is 27.7 Å². The van der Waals surface area contributed by atoms with E-state index in [0.29, 0.717) is 12.1 Å². The van der Waals surface area contributed by atoms with Gasteiger partial charge in [-0.2, -0.15) is 0 Å². The van der Waals surface area contributed by atoms with Crippen LogP contribution in [0.5, 0.6) is 5.75 Å². The molecule has 0 saturated carbocycles. The van der Waals surface area contributed by atoms with Crippen molar-refractivity contribution in [1.29, 1.82) is 0 Å². The van der Waals surface area contributed by atoms with E-state index in [1.165, 1.54) is 0 Å². The Morgan fingerprint density at radius 1 is 1.26 bits per heavy atom. The molecule has 0 atom stereocenters. The fourth-order valence-electron chi connectivity index (χ4n) is 2.09. The lowest BCUT2D eigenvalue weighted by Gasteiger charge is -2.08. The zero-order valence-corrected chi connectivity index (χ0v) is 14.5. The Balaban J connectivity index is 1.81. The molecule has 0 fully saturated rings. The molecule has 7 heteroatoms. The second kappa shape index (κ2) is 7.82. The molecule has 1 aromatic heterocycles. The number of methoxy groups -OCH3 is 1. The fraction of sp³-hybridized carbons (Fsp3) is 0.250. The maximum Gasteiger partial charge on any atom is 0.286 e. The first-order chi connectivity index (χ1) is 11.0. The van der Waals surface area contributed by atoms with E-state index in [0.717, 1.165) is 15.8 Å². The van der Waals surface area contributed by atoms with E-state index in [9.17, 15) is 9.59 Å². The van der Waals surface area contributed by atoms with Crippen molar-refractivity contribution in [2.75, 3.05) is 7.11 Å². The lowest BCUT2D eigenvalue weighted by atomic mass is 10.1. The molecule has 122 valence electrons. The highest BCUT2D eigenvalue weighted by Crippen LogP contribution is 2.14. The number of carbonyl (C=O) groups excluding carboxylic acids is 2. The highest BCUT2D eigenvalue weighted by Gasteiger charge is 2.12. The predicted molar refractivity (Wildman–Crippen MR) is 90.0 cm³/mol. The first-order valence-electron chi connectivity index (χ1n) is 7.03. The summed E-state index contributed by atoms with van der Waals surface area (Å²) in [5, 5.41) is 0. The second-order valence-corrected chi connectivity index (χ2v) is 5.92. The van der Waals surface area contributed by atoms with Gasteiger partial charge in [-0.15, -0.1) is 0 Å². The minimum Gasteiger partial charge on any atom is -0.497 e. The number of amides is 2. The lowest BCUT2D eigenvalue weighted by molar-refractivity contribution is -0.121. The van der Waals surface area contributed by atoms with E-state index >= 15 is 0 Å². The summed E-state index contributed by atoms with van der Waals surface area (Å²) in [6, 6.07) is 9.21. The Labute approximate surface area is 142 Å². The van der Waals surface area contributed by atoms with Gasteiger partial charge in [0, 0.05) is 24.1 Å². The normalized spacial score (nSPS) is 10.2. The Kier molecular flexibility index (Phi) is 5.81. The smallest absolute Gasteiger partial charge is 0.286 e. The van der Waals surface area contributed by atoms with Crippen molar-refractivity contribution in [3.8, 4) is 5.75 Å². The van der Waals surface area contributed by atoms with E-state index in [1.807, 2.05) is 24.3 Å². The van der Waals surface area contributed by atoms with E-state index in [2.05, 4.69) is 26.8 Å². The zero-order chi connectivity index (χ0) is 16.8. The third-order valence-electron chi connectivity index (χ3n) is 3.29. The molecule has 6 nitrogen and oxygen atoms in total. The molecule has 1 heterocycles. The first kappa shape index (κ1) is 17.1. The van der Waals surface area contributed by atoms with Gasteiger partial charge in [0.15, 0.2) is 0 Å². The van der Waals surface area contributed by atoms with Gasteiger partial charge in [0.1, 0.15) is 11.4 Å². The molecule has 0 aliphatic heterocycles. The Bertz CT molecular complexity index is 712. The number of hydrogen-bond acceptors (Lipinski definition) is 3. The Morgan fingerprint density at radius 2 is 2.04 bits per heavy atom. The average Bonchev–Trinajstić information content (AvgIpc) is 2.89. The molecule has 0 bridgehead atoms. The van der Waals surface area contributed by atoms with E-state index < -0.39 is 0 Å². The summed E-state index contributed by atoms with van der Waals surface area (Å²) >= 11 is 3.30. The molecule has 0 saturated heterocycles. The molecule has 0 aliphatic rings. The average molecular weight is 380 g/mol. The monoisotopic (exact) mass is 379 g/mol. The number of hydrogen-bond donors (Lipinski definition) is 2. The Morgan fingerprint density at radius 3 is 2.70 bits per heavy atom. The van der Waals surface area contributed by atoms with Crippen LogP contribution in [0.15, 0.2) is 41.0 Å². The van der Waals surface area contributed by atoms with E-state index in [1.54, 1.807) is 31.0 Å². The summed E-state index contributed by atoms with van der Waals surface area (Å²) in [5.74, 6) is 0.132. The van der Waals surface area contributed by atoms with Crippen LogP contribution in [0.25, 0.3) is 0 Å². The van der Waals surface area contributed by atoms with Crippen molar-refractivity contribution < 1.29 is 14.3 Å². The quantitative estimate of drug-likeness (QED) is 0.782. The number of benzene rings is 1. The largest absolute Gasteiger partial charge is 0.497 e. The number of nitrogens with one attached hydrogen (secondary N) is 2. The maximum atomic E-state index is 12.0. The third kappa shape index (κ3) is 4.85. The summed E-state index contributed by atoms with van der Waals surface area (Å²) in [5.41, 5.74) is 6.27. The summed E-state index contributed by atoms with van der Waals surface area (Å²) in [7, 11) is 3.35. The van der Waals surface area contributed by atoms with Crippen LogP contribution in [0.1, 0.15) is 22.5 Å². The van der Waals surface area contributed by atoms with Gasteiger partial charge >= 0.3 is 0 Å². The van der Waals surface area contributed by atoms with Gasteiger partial charge in [0.2, 0.25) is 5.91 Å². The molecule has 0 unspecified atom stereocenters. The molecule has 0 radical (unpaired) electrons. The van der Waals surface area contributed by atoms with Gasteiger partial charge in [-0.3, -0.25) is 20.4 Å². The highest BCUT2D eigenvalue weighted by atomic mass is 79.9. The molecule has 2 amide bonds. The number of aryl methyl sites for hydroxylation is 2. The van der Waals surface area contributed by atoms with E-state index in [-0.39, 0.29) is 18.2 Å². The number of carbonyl (C=O) groups is 2. The number of aromatic nitrogens is 1. The molecule has 23 heavy (non-hydrogen) atoms. The minimum absolute atomic E-state index is 0.255. The summed E-state index contributed by atoms with van der Waals surface area (Å²) in [4.78, 5) is 23.8. The second-order valence-electron chi connectivity index (χ2n) is 5.01.